The van der Waals surface area contributed by atoms with Crippen LogP contribution in [-0.2, 0) is 10.0 Å². The summed E-state index contributed by atoms with van der Waals surface area (Å²) in [7, 11) is -3.82. The van der Waals surface area contributed by atoms with E-state index in [1.54, 1.807) is 23.1 Å². The SMILES string of the molecule is O=C(c1ccc2c(c1)OCO2)N1CCN(S(=O)(=O)c2ccc(F)c(Cl)c2)CC1. The molecule has 0 radical (unpaired) electrons. The highest BCUT2D eigenvalue weighted by molar-refractivity contribution is 7.89. The average Bonchev–Trinajstić information content (AvgIpc) is 3.17. The molecular formula is C18H16ClFN2O5S. The predicted molar refractivity (Wildman–Crippen MR) is 98.6 cm³/mol. The molecule has 0 unspecified atom stereocenters. The van der Waals surface area contributed by atoms with Crippen LogP contribution in [0.2, 0.25) is 5.02 Å². The lowest BCUT2D eigenvalue weighted by molar-refractivity contribution is 0.0697. The fourth-order valence-corrected chi connectivity index (χ4v) is 4.82. The van der Waals surface area contributed by atoms with E-state index in [9.17, 15) is 17.6 Å². The van der Waals surface area contributed by atoms with Crippen LogP contribution in [0, 0.1) is 5.82 Å². The fraction of sp³-hybridized carbons (Fsp3) is 0.278. The number of carbonyl (C=O) groups is 1. The Morgan fingerprint density at radius 3 is 2.43 bits per heavy atom. The molecule has 0 bridgehead atoms. The Morgan fingerprint density at radius 1 is 1.00 bits per heavy atom. The van der Waals surface area contributed by atoms with Crippen LogP contribution in [0.25, 0.3) is 0 Å². The Balaban J connectivity index is 1.45. The van der Waals surface area contributed by atoms with E-state index in [0.29, 0.717) is 17.1 Å². The van der Waals surface area contributed by atoms with Crippen LogP contribution < -0.4 is 9.47 Å². The van der Waals surface area contributed by atoms with Gasteiger partial charge in [0.05, 0.1) is 9.92 Å². The van der Waals surface area contributed by atoms with E-state index < -0.39 is 15.8 Å². The molecule has 1 saturated heterocycles. The maximum absolute atomic E-state index is 13.3. The quantitative estimate of drug-likeness (QED) is 0.753. The van der Waals surface area contributed by atoms with Crippen molar-refractivity contribution in [2.24, 2.45) is 0 Å². The molecule has 2 aromatic carbocycles. The van der Waals surface area contributed by atoms with Crippen LogP contribution >= 0.6 is 11.6 Å². The lowest BCUT2D eigenvalue weighted by Crippen LogP contribution is -2.50. The zero-order valence-corrected chi connectivity index (χ0v) is 16.2. The highest BCUT2D eigenvalue weighted by atomic mass is 35.5. The summed E-state index contributed by atoms with van der Waals surface area (Å²) in [6, 6.07) is 8.24. The smallest absolute Gasteiger partial charge is 0.254 e. The highest BCUT2D eigenvalue weighted by Gasteiger charge is 2.31. The molecule has 0 aliphatic carbocycles. The summed E-state index contributed by atoms with van der Waals surface area (Å²) in [5, 5.41) is -0.252. The molecular weight excluding hydrogens is 411 g/mol. The van der Waals surface area contributed by atoms with Crippen LogP contribution in [-0.4, -0.2) is 56.5 Å². The lowest BCUT2D eigenvalue weighted by atomic mass is 10.1. The van der Waals surface area contributed by atoms with Gasteiger partial charge in [0.15, 0.2) is 11.5 Å². The molecule has 0 atom stereocenters. The molecule has 10 heteroatoms. The molecule has 0 saturated carbocycles. The molecule has 0 spiro atoms. The van der Waals surface area contributed by atoms with Crippen molar-refractivity contribution < 1.29 is 27.1 Å². The minimum atomic E-state index is -3.82. The predicted octanol–water partition coefficient (Wildman–Crippen LogP) is 2.35. The van der Waals surface area contributed by atoms with E-state index in [4.69, 9.17) is 21.1 Å². The third kappa shape index (κ3) is 3.41. The van der Waals surface area contributed by atoms with Gasteiger partial charge in [-0.05, 0) is 36.4 Å². The standard InChI is InChI=1S/C18H16ClFN2O5S/c19-14-10-13(2-3-15(14)20)28(24,25)22-7-5-21(6-8-22)18(23)12-1-4-16-17(9-12)27-11-26-16/h1-4,9-10H,5-8,11H2. The van der Waals surface area contributed by atoms with Crippen LogP contribution in [0.1, 0.15) is 10.4 Å². The Labute approximate surface area is 166 Å². The van der Waals surface area contributed by atoms with Crippen molar-refractivity contribution in [1.82, 2.24) is 9.21 Å². The maximum Gasteiger partial charge on any atom is 0.254 e. The number of nitrogens with zero attached hydrogens (tertiary/aromatic N) is 2. The van der Waals surface area contributed by atoms with E-state index in [1.165, 1.54) is 10.4 Å². The summed E-state index contributed by atoms with van der Waals surface area (Å²) < 4.78 is 50.6. The molecule has 0 aromatic heterocycles. The van der Waals surface area contributed by atoms with Gasteiger partial charge in [0, 0.05) is 31.7 Å². The second-order valence-electron chi connectivity index (χ2n) is 6.34. The zero-order valence-electron chi connectivity index (χ0n) is 14.6. The van der Waals surface area contributed by atoms with Crippen molar-refractivity contribution in [3.05, 3.63) is 52.8 Å². The minimum absolute atomic E-state index is 0.0746. The van der Waals surface area contributed by atoms with E-state index in [0.717, 1.165) is 12.1 Å². The number of rotatable bonds is 3. The van der Waals surface area contributed by atoms with Crippen LogP contribution in [0.3, 0.4) is 0 Å². The van der Waals surface area contributed by atoms with Crippen molar-refractivity contribution in [3.63, 3.8) is 0 Å². The van der Waals surface area contributed by atoms with E-state index >= 15 is 0 Å². The number of carbonyl (C=O) groups excluding carboxylic acids is 1. The Hall–Kier alpha value is -2.36. The van der Waals surface area contributed by atoms with E-state index in [2.05, 4.69) is 0 Å². The van der Waals surface area contributed by atoms with Crippen molar-refractivity contribution in [3.8, 4) is 11.5 Å². The molecule has 1 fully saturated rings. The van der Waals surface area contributed by atoms with Gasteiger partial charge in [0.1, 0.15) is 5.82 Å². The first-order chi connectivity index (χ1) is 13.4. The third-order valence-corrected chi connectivity index (χ3v) is 6.86. The summed E-state index contributed by atoms with van der Waals surface area (Å²) in [6.07, 6.45) is 0. The Kier molecular flexibility index (Phi) is 4.90. The van der Waals surface area contributed by atoms with Gasteiger partial charge in [0.25, 0.3) is 5.91 Å². The number of halogens is 2. The Morgan fingerprint density at radius 2 is 1.71 bits per heavy atom. The van der Waals surface area contributed by atoms with Crippen molar-refractivity contribution in [2.75, 3.05) is 33.0 Å². The average molecular weight is 427 g/mol. The number of hydrogen-bond donors (Lipinski definition) is 0. The van der Waals surface area contributed by atoms with Gasteiger partial charge in [0.2, 0.25) is 16.8 Å². The number of hydrogen-bond acceptors (Lipinski definition) is 5. The molecule has 148 valence electrons. The van der Waals surface area contributed by atoms with Crippen molar-refractivity contribution in [1.29, 1.82) is 0 Å². The molecule has 2 aliphatic rings. The summed E-state index contributed by atoms with van der Waals surface area (Å²) in [4.78, 5) is 14.2. The molecule has 2 heterocycles. The number of amides is 1. The first-order valence-electron chi connectivity index (χ1n) is 8.50. The molecule has 1 amide bonds. The molecule has 7 nitrogen and oxygen atoms in total. The van der Waals surface area contributed by atoms with Crippen LogP contribution in [0.15, 0.2) is 41.3 Å². The van der Waals surface area contributed by atoms with Gasteiger partial charge in [-0.3, -0.25) is 4.79 Å². The second kappa shape index (κ2) is 7.23. The highest BCUT2D eigenvalue weighted by Crippen LogP contribution is 2.33. The summed E-state index contributed by atoms with van der Waals surface area (Å²) in [5.41, 5.74) is 0.450. The van der Waals surface area contributed by atoms with Gasteiger partial charge in [-0.25, -0.2) is 12.8 Å². The van der Waals surface area contributed by atoms with Gasteiger partial charge in [-0.15, -0.1) is 0 Å². The first-order valence-corrected chi connectivity index (χ1v) is 10.3. The van der Waals surface area contributed by atoms with E-state index in [1.807, 2.05) is 0 Å². The van der Waals surface area contributed by atoms with Crippen molar-refractivity contribution in [2.45, 2.75) is 4.90 Å². The normalized spacial score (nSPS) is 17.0. The van der Waals surface area contributed by atoms with Crippen molar-refractivity contribution >= 4 is 27.5 Å². The van der Waals surface area contributed by atoms with Gasteiger partial charge < -0.3 is 14.4 Å². The zero-order chi connectivity index (χ0) is 19.9. The summed E-state index contributed by atoms with van der Waals surface area (Å²) in [5.74, 6) is 0.214. The first kappa shape index (κ1) is 19.0. The molecule has 2 aliphatic heterocycles. The molecule has 28 heavy (non-hydrogen) atoms. The van der Waals surface area contributed by atoms with Crippen LogP contribution in [0.4, 0.5) is 4.39 Å². The van der Waals surface area contributed by atoms with E-state index in [-0.39, 0.29) is 48.8 Å². The topological polar surface area (TPSA) is 76.2 Å². The lowest BCUT2D eigenvalue weighted by Gasteiger charge is -2.34. The number of benzene rings is 2. The van der Waals surface area contributed by atoms with Gasteiger partial charge in [-0.2, -0.15) is 4.31 Å². The Bertz CT molecular complexity index is 1040. The van der Waals surface area contributed by atoms with Gasteiger partial charge in [-0.1, -0.05) is 11.6 Å². The number of ether oxygens (including phenoxy) is 2. The third-order valence-electron chi connectivity index (χ3n) is 4.67. The summed E-state index contributed by atoms with van der Waals surface area (Å²) in [6.45, 7) is 0.862. The van der Waals surface area contributed by atoms with Crippen LogP contribution in [0.5, 0.6) is 11.5 Å². The largest absolute Gasteiger partial charge is 0.454 e. The number of fused-ring (bicyclic) bond motifs is 1. The summed E-state index contributed by atoms with van der Waals surface area (Å²) >= 11 is 5.70. The monoisotopic (exact) mass is 426 g/mol. The fourth-order valence-electron chi connectivity index (χ4n) is 3.13. The number of sulfonamides is 1. The second-order valence-corrected chi connectivity index (χ2v) is 8.69. The minimum Gasteiger partial charge on any atom is -0.454 e. The number of piperazine rings is 1. The molecule has 4 rings (SSSR count). The molecule has 0 N–H and O–H groups in total. The molecule has 2 aromatic rings. The van der Waals surface area contributed by atoms with Gasteiger partial charge >= 0.3 is 0 Å². The maximum atomic E-state index is 13.3.